The molecule has 1 N–H and O–H groups in total. The third-order valence-electron chi connectivity index (χ3n) is 5.09. The zero-order valence-electron chi connectivity index (χ0n) is 19.5. The Morgan fingerprint density at radius 1 is 1.09 bits per heavy atom. The lowest BCUT2D eigenvalue weighted by Gasteiger charge is -2.29. The molecule has 2 aromatic carbocycles. The van der Waals surface area contributed by atoms with E-state index in [0.29, 0.717) is 24.0 Å². The van der Waals surface area contributed by atoms with Crippen LogP contribution in [0.25, 0.3) is 0 Å². The van der Waals surface area contributed by atoms with E-state index in [1.807, 2.05) is 56.3 Å². The van der Waals surface area contributed by atoms with Crippen LogP contribution in [-0.4, -0.2) is 43.0 Å². The Morgan fingerprint density at radius 2 is 1.84 bits per heavy atom. The van der Waals surface area contributed by atoms with Crippen LogP contribution in [-0.2, 0) is 22.6 Å². The molecule has 6 nitrogen and oxygen atoms in total. The summed E-state index contributed by atoms with van der Waals surface area (Å²) in [5, 5.41) is 2.92. The zero-order valence-corrected chi connectivity index (χ0v) is 21.1. The Bertz CT molecular complexity index is 917. The summed E-state index contributed by atoms with van der Waals surface area (Å²) in [7, 11) is 1.60. The molecule has 7 heteroatoms. The van der Waals surface area contributed by atoms with Crippen molar-refractivity contribution in [1.29, 1.82) is 0 Å². The third kappa shape index (κ3) is 7.55. The molecule has 0 heterocycles. The summed E-state index contributed by atoms with van der Waals surface area (Å²) in [6.07, 6.45) is 0.912. The van der Waals surface area contributed by atoms with Crippen molar-refractivity contribution in [3.63, 3.8) is 0 Å². The number of methoxy groups -OCH3 is 1. The first kappa shape index (κ1) is 25.7. The van der Waals surface area contributed by atoms with Gasteiger partial charge < -0.3 is 19.7 Å². The van der Waals surface area contributed by atoms with E-state index in [0.717, 1.165) is 16.5 Å². The van der Waals surface area contributed by atoms with Crippen LogP contribution < -0.4 is 14.8 Å². The average Bonchev–Trinajstić information content (AvgIpc) is 2.79. The molecule has 0 aliphatic carbocycles. The Labute approximate surface area is 199 Å². The molecule has 32 heavy (non-hydrogen) atoms. The molecular formula is C25H33BrN2O4. The maximum Gasteiger partial charge on any atom is 0.261 e. The molecular weight excluding hydrogens is 472 g/mol. The predicted octanol–water partition coefficient (Wildman–Crippen LogP) is 4.59. The highest BCUT2D eigenvalue weighted by Crippen LogP contribution is 2.26. The summed E-state index contributed by atoms with van der Waals surface area (Å²) < 4.78 is 11.9. The molecule has 1 atom stereocenters. The van der Waals surface area contributed by atoms with E-state index >= 15 is 0 Å². The number of amides is 2. The monoisotopic (exact) mass is 504 g/mol. The van der Waals surface area contributed by atoms with Crippen molar-refractivity contribution in [2.24, 2.45) is 5.92 Å². The van der Waals surface area contributed by atoms with Crippen molar-refractivity contribution in [3.05, 3.63) is 58.1 Å². The van der Waals surface area contributed by atoms with Crippen LogP contribution in [0.5, 0.6) is 11.5 Å². The van der Waals surface area contributed by atoms with Gasteiger partial charge in [-0.25, -0.2) is 0 Å². The number of nitrogens with zero attached hydrogens (tertiary/aromatic N) is 1. The fourth-order valence-electron chi connectivity index (χ4n) is 3.11. The van der Waals surface area contributed by atoms with Crippen molar-refractivity contribution in [1.82, 2.24) is 10.2 Å². The molecule has 0 saturated carbocycles. The number of hydrogen-bond acceptors (Lipinski definition) is 4. The normalized spacial score (nSPS) is 11.7. The second kappa shape index (κ2) is 12.5. The van der Waals surface area contributed by atoms with Gasteiger partial charge >= 0.3 is 0 Å². The first-order chi connectivity index (χ1) is 15.2. The number of carbonyl (C=O) groups excluding carboxylic acids is 2. The largest absolute Gasteiger partial charge is 0.497 e. The SMILES string of the molecule is CCc1ccc(OCC(=O)N(Cc2cccc(OC)c2)[C@@H](C)C(=O)NCC(C)C)c(Br)c1. The summed E-state index contributed by atoms with van der Waals surface area (Å²) in [4.78, 5) is 27.4. The summed E-state index contributed by atoms with van der Waals surface area (Å²) >= 11 is 3.50. The molecule has 0 aliphatic heterocycles. The first-order valence-corrected chi connectivity index (χ1v) is 11.7. The number of ether oxygens (including phenoxy) is 2. The van der Waals surface area contributed by atoms with E-state index in [-0.39, 0.29) is 25.0 Å². The molecule has 2 aromatic rings. The van der Waals surface area contributed by atoms with E-state index < -0.39 is 6.04 Å². The van der Waals surface area contributed by atoms with Crippen molar-refractivity contribution in [3.8, 4) is 11.5 Å². The topological polar surface area (TPSA) is 67.9 Å². The highest BCUT2D eigenvalue weighted by atomic mass is 79.9. The summed E-state index contributed by atoms with van der Waals surface area (Å²) in [5.74, 6) is 1.15. The average molecular weight is 505 g/mol. The van der Waals surface area contributed by atoms with Gasteiger partial charge in [0.2, 0.25) is 5.91 Å². The van der Waals surface area contributed by atoms with Crippen LogP contribution in [0.1, 0.15) is 38.8 Å². The van der Waals surface area contributed by atoms with Gasteiger partial charge in [0.15, 0.2) is 6.61 Å². The third-order valence-corrected chi connectivity index (χ3v) is 5.71. The van der Waals surface area contributed by atoms with Gasteiger partial charge in [-0.3, -0.25) is 9.59 Å². The predicted molar refractivity (Wildman–Crippen MR) is 130 cm³/mol. The van der Waals surface area contributed by atoms with Gasteiger partial charge in [0.05, 0.1) is 11.6 Å². The highest BCUT2D eigenvalue weighted by molar-refractivity contribution is 9.10. The number of rotatable bonds is 11. The van der Waals surface area contributed by atoms with Crippen LogP contribution in [0.4, 0.5) is 0 Å². The van der Waals surface area contributed by atoms with E-state index in [1.54, 1.807) is 18.9 Å². The lowest BCUT2D eigenvalue weighted by molar-refractivity contribution is -0.142. The van der Waals surface area contributed by atoms with Crippen LogP contribution in [0.2, 0.25) is 0 Å². The second-order valence-electron chi connectivity index (χ2n) is 8.10. The van der Waals surface area contributed by atoms with Gasteiger partial charge in [0, 0.05) is 13.1 Å². The van der Waals surface area contributed by atoms with Crippen LogP contribution in [0, 0.1) is 5.92 Å². The van der Waals surface area contributed by atoms with Gasteiger partial charge in [0.1, 0.15) is 17.5 Å². The zero-order chi connectivity index (χ0) is 23.7. The maximum absolute atomic E-state index is 13.2. The molecule has 0 aromatic heterocycles. The van der Waals surface area contributed by atoms with Crippen LogP contribution in [0.3, 0.4) is 0 Å². The number of benzene rings is 2. The van der Waals surface area contributed by atoms with Crippen molar-refractivity contribution >= 4 is 27.7 Å². The second-order valence-corrected chi connectivity index (χ2v) is 8.95. The molecule has 0 bridgehead atoms. The van der Waals surface area contributed by atoms with E-state index in [4.69, 9.17) is 9.47 Å². The molecule has 0 aliphatic rings. The van der Waals surface area contributed by atoms with Crippen molar-refractivity contribution < 1.29 is 19.1 Å². The van der Waals surface area contributed by atoms with E-state index in [9.17, 15) is 9.59 Å². The molecule has 2 amide bonds. The molecule has 0 spiro atoms. The van der Waals surface area contributed by atoms with Gasteiger partial charge in [0.25, 0.3) is 5.91 Å². The van der Waals surface area contributed by atoms with Gasteiger partial charge in [-0.15, -0.1) is 0 Å². The fourth-order valence-corrected chi connectivity index (χ4v) is 3.65. The summed E-state index contributed by atoms with van der Waals surface area (Å²) in [5.41, 5.74) is 2.04. The number of halogens is 1. The number of carbonyl (C=O) groups is 2. The van der Waals surface area contributed by atoms with E-state index in [2.05, 4.69) is 28.2 Å². The Balaban J connectivity index is 2.17. The number of hydrogen-bond donors (Lipinski definition) is 1. The lowest BCUT2D eigenvalue weighted by atomic mass is 10.1. The fraction of sp³-hybridized carbons (Fsp3) is 0.440. The quantitative estimate of drug-likeness (QED) is 0.485. The molecule has 0 radical (unpaired) electrons. The van der Waals surface area contributed by atoms with Gasteiger partial charge in [-0.05, 0) is 70.6 Å². The smallest absolute Gasteiger partial charge is 0.261 e. The highest BCUT2D eigenvalue weighted by Gasteiger charge is 2.27. The molecule has 2 rings (SSSR count). The number of aryl methyl sites for hydroxylation is 1. The maximum atomic E-state index is 13.2. The van der Waals surface area contributed by atoms with Gasteiger partial charge in [-0.2, -0.15) is 0 Å². The summed E-state index contributed by atoms with van der Waals surface area (Å²) in [6.45, 7) is 8.52. The molecule has 0 unspecified atom stereocenters. The Kier molecular flexibility index (Phi) is 10.0. The minimum Gasteiger partial charge on any atom is -0.497 e. The Hall–Kier alpha value is -2.54. The Morgan fingerprint density at radius 3 is 2.47 bits per heavy atom. The lowest BCUT2D eigenvalue weighted by Crippen LogP contribution is -2.49. The van der Waals surface area contributed by atoms with Crippen LogP contribution in [0.15, 0.2) is 46.9 Å². The first-order valence-electron chi connectivity index (χ1n) is 10.9. The standard InChI is InChI=1S/C25H33BrN2O4/c1-6-19-10-11-23(22(26)13-19)32-16-24(29)28(18(4)25(30)27-14-17(2)3)15-20-8-7-9-21(12-20)31-5/h7-13,17-18H,6,14-16H2,1-5H3,(H,27,30)/t18-/m0/s1. The number of nitrogens with one attached hydrogen (secondary N) is 1. The van der Waals surface area contributed by atoms with Crippen LogP contribution >= 0.6 is 15.9 Å². The summed E-state index contributed by atoms with van der Waals surface area (Å²) in [6, 6.07) is 12.6. The van der Waals surface area contributed by atoms with Gasteiger partial charge in [-0.1, -0.05) is 39.0 Å². The van der Waals surface area contributed by atoms with Crippen molar-refractivity contribution in [2.45, 2.75) is 46.7 Å². The minimum atomic E-state index is -0.651. The van der Waals surface area contributed by atoms with Crippen molar-refractivity contribution in [2.75, 3.05) is 20.3 Å². The molecule has 174 valence electrons. The van der Waals surface area contributed by atoms with E-state index in [1.165, 1.54) is 5.56 Å². The molecule has 0 fully saturated rings. The minimum absolute atomic E-state index is 0.171. The molecule has 0 saturated heterocycles.